The van der Waals surface area contributed by atoms with E-state index in [9.17, 15) is 9.59 Å². The third-order valence-electron chi connectivity index (χ3n) is 2.66. The summed E-state index contributed by atoms with van der Waals surface area (Å²) in [6.07, 6.45) is 0. The summed E-state index contributed by atoms with van der Waals surface area (Å²) in [6, 6.07) is 6.95. The van der Waals surface area contributed by atoms with E-state index in [4.69, 9.17) is 0 Å². The standard InChI is InChI=1S/C12H10O2/c1-7-8(2)12(14)10-6-4-3-5-9(10)11(7)13/h3-6H,1-2H3/i1+1. The predicted octanol–water partition coefficient (Wildman–Crippen LogP) is 2.40. The molecule has 0 aliphatic heterocycles. The monoisotopic (exact) mass is 187 g/mol. The van der Waals surface area contributed by atoms with Crippen LogP contribution in [0.15, 0.2) is 35.4 Å². The van der Waals surface area contributed by atoms with Gasteiger partial charge in [0.05, 0.1) is 0 Å². The number of rotatable bonds is 0. The van der Waals surface area contributed by atoms with Gasteiger partial charge in [-0.15, -0.1) is 0 Å². The first kappa shape index (κ1) is 8.88. The fourth-order valence-corrected chi connectivity index (χ4v) is 1.62. The Kier molecular flexibility index (Phi) is 1.84. The van der Waals surface area contributed by atoms with Crippen LogP contribution in [0.25, 0.3) is 0 Å². The molecule has 0 aromatic heterocycles. The third-order valence-corrected chi connectivity index (χ3v) is 2.66. The van der Waals surface area contributed by atoms with E-state index >= 15 is 0 Å². The predicted molar refractivity (Wildman–Crippen MR) is 53.5 cm³/mol. The Hall–Kier alpha value is -1.70. The summed E-state index contributed by atoms with van der Waals surface area (Å²) in [5.74, 6) is -0.0598. The highest BCUT2D eigenvalue weighted by Crippen LogP contribution is 2.25. The molecule has 0 bridgehead atoms. The molecule has 0 N–H and O–H groups in total. The lowest BCUT2D eigenvalue weighted by Gasteiger charge is -2.15. The second kappa shape index (κ2) is 2.91. The van der Waals surface area contributed by atoms with Gasteiger partial charge in [-0.1, -0.05) is 24.3 Å². The first-order valence-corrected chi connectivity index (χ1v) is 4.49. The van der Waals surface area contributed by atoms with E-state index in [-0.39, 0.29) is 11.6 Å². The van der Waals surface area contributed by atoms with Gasteiger partial charge in [0.1, 0.15) is 0 Å². The Morgan fingerprint density at radius 3 is 1.50 bits per heavy atom. The first-order valence-electron chi connectivity index (χ1n) is 4.49. The summed E-state index contributed by atoms with van der Waals surface area (Å²) < 4.78 is 0. The van der Waals surface area contributed by atoms with Crippen molar-refractivity contribution in [3.63, 3.8) is 0 Å². The molecule has 0 spiro atoms. The van der Waals surface area contributed by atoms with Gasteiger partial charge >= 0.3 is 0 Å². The maximum atomic E-state index is 11.8. The molecule has 0 fully saturated rings. The zero-order chi connectivity index (χ0) is 10.3. The molecule has 0 saturated heterocycles. The van der Waals surface area contributed by atoms with Crippen LogP contribution in [0.2, 0.25) is 0 Å². The molecule has 2 heteroatoms. The number of allylic oxidation sites excluding steroid dienone is 2. The summed E-state index contributed by atoms with van der Waals surface area (Å²) in [4.78, 5) is 23.5. The van der Waals surface area contributed by atoms with Gasteiger partial charge in [0.25, 0.3) is 0 Å². The van der Waals surface area contributed by atoms with E-state index in [1.54, 1.807) is 38.1 Å². The Balaban J connectivity index is 2.73. The van der Waals surface area contributed by atoms with Crippen LogP contribution < -0.4 is 0 Å². The molecule has 14 heavy (non-hydrogen) atoms. The number of carbonyl (C=O) groups excluding carboxylic acids is 2. The number of hydrogen-bond acceptors (Lipinski definition) is 2. The summed E-state index contributed by atoms with van der Waals surface area (Å²) in [6.45, 7) is 3.40. The number of hydrogen-bond donors (Lipinski definition) is 0. The van der Waals surface area contributed by atoms with Gasteiger partial charge in [-0.3, -0.25) is 9.59 Å². The summed E-state index contributed by atoms with van der Waals surface area (Å²) >= 11 is 0. The van der Waals surface area contributed by atoms with Gasteiger partial charge < -0.3 is 0 Å². The van der Waals surface area contributed by atoms with Crippen molar-refractivity contribution in [1.82, 2.24) is 0 Å². The maximum Gasteiger partial charge on any atom is 0.189 e. The number of Topliss-reactive ketones (excluding diaryl/α,β-unsaturated/α-hetero) is 2. The zero-order valence-corrected chi connectivity index (χ0v) is 8.13. The van der Waals surface area contributed by atoms with Crippen molar-refractivity contribution in [3.8, 4) is 0 Å². The minimum atomic E-state index is -0.0299. The Labute approximate surface area is 82.2 Å². The number of benzene rings is 1. The lowest BCUT2D eigenvalue weighted by Crippen LogP contribution is -2.19. The molecule has 2 nitrogen and oxygen atoms in total. The van der Waals surface area contributed by atoms with Crippen LogP contribution in [-0.4, -0.2) is 11.6 Å². The second-order valence-electron chi connectivity index (χ2n) is 3.45. The van der Waals surface area contributed by atoms with E-state index < -0.39 is 0 Å². The lowest BCUT2D eigenvalue weighted by molar-refractivity contribution is 0.0975. The zero-order valence-electron chi connectivity index (χ0n) is 8.13. The third kappa shape index (κ3) is 1.04. The average Bonchev–Trinajstić information content (AvgIpc) is 2.23. The van der Waals surface area contributed by atoms with Crippen molar-refractivity contribution in [2.75, 3.05) is 0 Å². The Bertz CT molecular complexity index is 424. The minimum Gasteiger partial charge on any atom is -0.289 e. The van der Waals surface area contributed by atoms with Crippen molar-refractivity contribution in [2.45, 2.75) is 13.8 Å². The van der Waals surface area contributed by atoms with Crippen LogP contribution in [0.1, 0.15) is 34.6 Å². The quantitative estimate of drug-likeness (QED) is 0.584. The van der Waals surface area contributed by atoms with Gasteiger partial charge in [0, 0.05) is 22.3 Å². The van der Waals surface area contributed by atoms with Gasteiger partial charge in [-0.25, -0.2) is 0 Å². The molecule has 1 aromatic carbocycles. The first-order chi connectivity index (χ1) is 6.63. The lowest BCUT2D eigenvalue weighted by atomic mass is 9.87. The number of fused-ring (bicyclic) bond motifs is 1. The highest BCUT2D eigenvalue weighted by molar-refractivity contribution is 6.26. The molecular weight excluding hydrogens is 177 g/mol. The van der Waals surface area contributed by atoms with Crippen molar-refractivity contribution >= 4 is 11.6 Å². The fourth-order valence-electron chi connectivity index (χ4n) is 1.62. The van der Waals surface area contributed by atoms with Gasteiger partial charge in [0.15, 0.2) is 11.6 Å². The molecule has 0 heterocycles. The van der Waals surface area contributed by atoms with Gasteiger partial charge in [-0.05, 0) is 13.8 Å². The average molecular weight is 187 g/mol. The van der Waals surface area contributed by atoms with Crippen LogP contribution in [0.5, 0.6) is 0 Å². The smallest absolute Gasteiger partial charge is 0.189 e. The van der Waals surface area contributed by atoms with Crippen LogP contribution in [0.3, 0.4) is 0 Å². The van der Waals surface area contributed by atoms with Crippen LogP contribution in [0.4, 0.5) is 0 Å². The maximum absolute atomic E-state index is 11.8. The molecule has 0 unspecified atom stereocenters. The summed E-state index contributed by atoms with van der Waals surface area (Å²) in [5, 5.41) is 0. The number of ketones is 2. The van der Waals surface area contributed by atoms with Crippen molar-refractivity contribution < 1.29 is 9.59 Å². The van der Waals surface area contributed by atoms with Crippen LogP contribution in [0, 0.1) is 0 Å². The van der Waals surface area contributed by atoms with E-state index in [2.05, 4.69) is 0 Å². The Morgan fingerprint density at radius 1 is 0.786 bits per heavy atom. The largest absolute Gasteiger partial charge is 0.289 e. The SMILES string of the molecule is CC1=C([13CH3])C(=O)c2ccccc2C1=O. The number of carbonyl (C=O) groups is 2. The normalized spacial score (nSPS) is 15.9. The second-order valence-corrected chi connectivity index (χ2v) is 3.45. The van der Waals surface area contributed by atoms with E-state index in [1.165, 1.54) is 0 Å². The summed E-state index contributed by atoms with van der Waals surface area (Å²) in [7, 11) is 0. The van der Waals surface area contributed by atoms with Gasteiger partial charge in [-0.2, -0.15) is 0 Å². The Morgan fingerprint density at radius 2 is 1.14 bits per heavy atom. The van der Waals surface area contributed by atoms with E-state index in [0.717, 1.165) is 0 Å². The van der Waals surface area contributed by atoms with E-state index in [1.807, 2.05) is 0 Å². The molecule has 0 saturated carbocycles. The van der Waals surface area contributed by atoms with Crippen LogP contribution in [-0.2, 0) is 0 Å². The minimum absolute atomic E-state index is 0.0299. The topological polar surface area (TPSA) is 34.1 Å². The molecule has 1 aliphatic carbocycles. The highest BCUT2D eigenvalue weighted by atomic mass is 16.1. The molecule has 0 atom stereocenters. The molecule has 1 aliphatic rings. The molecule has 70 valence electrons. The fraction of sp³-hybridized carbons (Fsp3) is 0.167. The van der Waals surface area contributed by atoms with Crippen molar-refractivity contribution in [1.29, 1.82) is 0 Å². The van der Waals surface area contributed by atoms with E-state index in [0.29, 0.717) is 22.3 Å². The molecular formula is C12H10O2. The molecule has 0 radical (unpaired) electrons. The molecule has 1 aromatic rings. The van der Waals surface area contributed by atoms with Gasteiger partial charge in [0.2, 0.25) is 0 Å². The molecule has 2 rings (SSSR count). The van der Waals surface area contributed by atoms with Crippen molar-refractivity contribution in [3.05, 3.63) is 46.5 Å². The van der Waals surface area contributed by atoms with Crippen molar-refractivity contribution in [2.24, 2.45) is 0 Å². The highest BCUT2D eigenvalue weighted by Gasteiger charge is 2.26. The summed E-state index contributed by atoms with van der Waals surface area (Å²) in [5.41, 5.74) is 2.18. The van der Waals surface area contributed by atoms with Crippen LogP contribution >= 0.6 is 0 Å². The molecule has 0 amide bonds.